The van der Waals surface area contributed by atoms with E-state index in [9.17, 15) is 0 Å². The van der Waals surface area contributed by atoms with Gasteiger partial charge in [-0.1, -0.05) is 24.8 Å². The van der Waals surface area contributed by atoms with Crippen LogP contribution in [0.2, 0.25) is 0 Å². The second kappa shape index (κ2) is 6.73. The fourth-order valence-electron chi connectivity index (χ4n) is 2.52. The van der Waals surface area contributed by atoms with Crippen LogP contribution in [0.15, 0.2) is 36.9 Å². The second-order valence-electron chi connectivity index (χ2n) is 5.22. The molecular weight excluding hydrogens is 236 g/mol. The molecule has 1 aromatic carbocycles. The molecule has 1 saturated heterocycles. The zero-order valence-corrected chi connectivity index (χ0v) is 11.7. The van der Waals surface area contributed by atoms with E-state index in [2.05, 4.69) is 30.5 Å². The molecule has 0 spiro atoms. The van der Waals surface area contributed by atoms with Gasteiger partial charge in [-0.05, 0) is 37.5 Å². The molecule has 0 aliphatic carbocycles. The lowest BCUT2D eigenvalue weighted by atomic mass is 10.0. The average molecular weight is 260 g/mol. The van der Waals surface area contributed by atoms with Crippen LogP contribution in [0, 0.1) is 0 Å². The Bertz CT molecular complexity index is 394. The highest BCUT2D eigenvalue weighted by Crippen LogP contribution is 2.25. The van der Waals surface area contributed by atoms with Crippen LogP contribution in [0.25, 0.3) is 0 Å². The van der Waals surface area contributed by atoms with Crippen LogP contribution >= 0.6 is 0 Å². The summed E-state index contributed by atoms with van der Waals surface area (Å²) in [4.78, 5) is 2.50. The Balaban J connectivity index is 1.95. The van der Waals surface area contributed by atoms with Gasteiger partial charge in [0.25, 0.3) is 0 Å². The van der Waals surface area contributed by atoms with Gasteiger partial charge in [0.2, 0.25) is 0 Å². The van der Waals surface area contributed by atoms with E-state index in [0.717, 1.165) is 31.7 Å². The van der Waals surface area contributed by atoms with Gasteiger partial charge in [-0.2, -0.15) is 0 Å². The molecule has 0 saturated carbocycles. The summed E-state index contributed by atoms with van der Waals surface area (Å²) < 4.78 is 5.50. The minimum Gasteiger partial charge on any atom is -0.490 e. The second-order valence-corrected chi connectivity index (χ2v) is 5.22. The number of ether oxygens (including phenoxy) is 1. The first kappa shape index (κ1) is 14.1. The summed E-state index contributed by atoms with van der Waals surface area (Å²) in [6, 6.07) is 9.20. The summed E-state index contributed by atoms with van der Waals surface area (Å²) in [5.74, 6) is 0.900. The highest BCUT2D eigenvalue weighted by Gasteiger charge is 2.21. The van der Waals surface area contributed by atoms with Crippen LogP contribution in [0.5, 0.6) is 5.75 Å². The van der Waals surface area contributed by atoms with Gasteiger partial charge >= 0.3 is 0 Å². The van der Waals surface area contributed by atoms with Crippen LogP contribution in [0.3, 0.4) is 0 Å². The van der Waals surface area contributed by atoms with Crippen molar-refractivity contribution in [1.82, 2.24) is 4.90 Å². The molecular formula is C16H24N2O. The highest BCUT2D eigenvalue weighted by atomic mass is 16.5. The molecule has 0 bridgehead atoms. The van der Waals surface area contributed by atoms with Crippen molar-refractivity contribution in [3.05, 3.63) is 42.5 Å². The Morgan fingerprint density at radius 1 is 1.37 bits per heavy atom. The Hall–Kier alpha value is -1.32. The van der Waals surface area contributed by atoms with Crippen molar-refractivity contribution in [3.63, 3.8) is 0 Å². The predicted octanol–water partition coefficient (Wildman–Crippen LogP) is 2.74. The summed E-state index contributed by atoms with van der Waals surface area (Å²) in [5, 5.41) is 0. The number of nitrogens with zero attached hydrogens (tertiary/aromatic N) is 1. The fraction of sp³-hybridized carbons (Fsp3) is 0.500. The summed E-state index contributed by atoms with van der Waals surface area (Å²) in [7, 11) is 0. The van der Waals surface area contributed by atoms with E-state index in [0.29, 0.717) is 18.7 Å². The SMILES string of the molecule is C=CCOc1ccc(C(C)N2CCC(N)CC2)cc1. The minimum absolute atomic E-state index is 0.387. The van der Waals surface area contributed by atoms with Crippen LogP contribution in [0.4, 0.5) is 0 Å². The van der Waals surface area contributed by atoms with Gasteiger partial charge in [0.05, 0.1) is 0 Å². The third-order valence-corrected chi connectivity index (χ3v) is 3.85. The number of nitrogens with two attached hydrogens (primary N) is 1. The maximum absolute atomic E-state index is 5.95. The number of hydrogen-bond acceptors (Lipinski definition) is 3. The Morgan fingerprint density at radius 3 is 2.58 bits per heavy atom. The molecule has 1 unspecified atom stereocenters. The Morgan fingerprint density at radius 2 is 2.00 bits per heavy atom. The lowest BCUT2D eigenvalue weighted by Gasteiger charge is -2.35. The van der Waals surface area contributed by atoms with Gasteiger partial charge in [-0.15, -0.1) is 0 Å². The summed E-state index contributed by atoms with van der Waals surface area (Å²) in [6.45, 7) is 8.65. The molecule has 104 valence electrons. The van der Waals surface area contributed by atoms with Crippen molar-refractivity contribution in [2.24, 2.45) is 5.73 Å². The molecule has 1 aromatic rings. The highest BCUT2D eigenvalue weighted by molar-refractivity contribution is 5.29. The van der Waals surface area contributed by atoms with E-state index in [1.54, 1.807) is 6.08 Å². The number of benzene rings is 1. The monoisotopic (exact) mass is 260 g/mol. The largest absolute Gasteiger partial charge is 0.490 e. The minimum atomic E-state index is 0.387. The first-order chi connectivity index (χ1) is 9.20. The van der Waals surface area contributed by atoms with E-state index in [1.807, 2.05) is 12.1 Å². The molecule has 0 radical (unpaired) electrons. The zero-order chi connectivity index (χ0) is 13.7. The topological polar surface area (TPSA) is 38.5 Å². The smallest absolute Gasteiger partial charge is 0.119 e. The molecule has 3 heteroatoms. The first-order valence-electron chi connectivity index (χ1n) is 7.04. The maximum Gasteiger partial charge on any atom is 0.119 e. The molecule has 1 fully saturated rings. The van der Waals surface area contributed by atoms with E-state index in [1.165, 1.54) is 5.56 Å². The van der Waals surface area contributed by atoms with Crippen LogP contribution in [0.1, 0.15) is 31.4 Å². The predicted molar refractivity (Wildman–Crippen MR) is 79.3 cm³/mol. The van der Waals surface area contributed by atoms with Gasteiger partial charge in [0.15, 0.2) is 0 Å². The van der Waals surface area contributed by atoms with Gasteiger partial charge < -0.3 is 10.5 Å². The zero-order valence-electron chi connectivity index (χ0n) is 11.7. The van der Waals surface area contributed by atoms with Crippen molar-refractivity contribution < 1.29 is 4.74 Å². The maximum atomic E-state index is 5.95. The number of hydrogen-bond donors (Lipinski definition) is 1. The standard InChI is InChI=1S/C16H24N2O/c1-3-12-19-16-6-4-14(5-7-16)13(2)18-10-8-15(17)9-11-18/h3-7,13,15H,1,8-12,17H2,2H3. The van der Waals surface area contributed by atoms with Gasteiger partial charge in [0.1, 0.15) is 12.4 Å². The first-order valence-corrected chi connectivity index (χ1v) is 7.04. The molecule has 2 rings (SSSR count). The summed E-state index contributed by atoms with van der Waals surface area (Å²) >= 11 is 0. The molecule has 1 aliphatic rings. The Labute approximate surface area is 116 Å². The average Bonchev–Trinajstić information content (AvgIpc) is 2.46. The molecule has 2 N–H and O–H groups in total. The fourth-order valence-corrected chi connectivity index (χ4v) is 2.52. The molecule has 19 heavy (non-hydrogen) atoms. The Kier molecular flexibility index (Phi) is 5.00. The molecule has 1 heterocycles. The van der Waals surface area contributed by atoms with E-state index in [4.69, 9.17) is 10.5 Å². The third kappa shape index (κ3) is 3.82. The molecule has 0 amide bonds. The van der Waals surface area contributed by atoms with Crippen molar-refractivity contribution in [1.29, 1.82) is 0 Å². The summed E-state index contributed by atoms with van der Waals surface area (Å²) in [6.07, 6.45) is 3.96. The van der Waals surface area contributed by atoms with Gasteiger partial charge in [0, 0.05) is 25.2 Å². The molecule has 0 aromatic heterocycles. The number of likely N-dealkylation sites (tertiary alicyclic amines) is 1. The van der Waals surface area contributed by atoms with Crippen LogP contribution < -0.4 is 10.5 Å². The van der Waals surface area contributed by atoms with Crippen molar-refractivity contribution >= 4 is 0 Å². The van der Waals surface area contributed by atoms with Crippen LogP contribution in [-0.2, 0) is 0 Å². The van der Waals surface area contributed by atoms with E-state index in [-0.39, 0.29) is 0 Å². The molecule has 1 atom stereocenters. The number of piperidine rings is 1. The molecule has 3 nitrogen and oxygen atoms in total. The van der Waals surface area contributed by atoms with Crippen LogP contribution in [-0.4, -0.2) is 30.6 Å². The van der Waals surface area contributed by atoms with Gasteiger partial charge in [-0.25, -0.2) is 0 Å². The number of rotatable bonds is 5. The van der Waals surface area contributed by atoms with Gasteiger partial charge in [-0.3, -0.25) is 4.90 Å². The molecule has 1 aliphatic heterocycles. The normalized spacial score (nSPS) is 19.1. The van der Waals surface area contributed by atoms with Crippen molar-refractivity contribution in [3.8, 4) is 5.75 Å². The van der Waals surface area contributed by atoms with E-state index >= 15 is 0 Å². The van der Waals surface area contributed by atoms with Crippen molar-refractivity contribution in [2.75, 3.05) is 19.7 Å². The van der Waals surface area contributed by atoms with Crippen molar-refractivity contribution in [2.45, 2.75) is 31.8 Å². The lowest BCUT2D eigenvalue weighted by Crippen LogP contribution is -2.40. The third-order valence-electron chi connectivity index (χ3n) is 3.85. The van der Waals surface area contributed by atoms with E-state index < -0.39 is 0 Å². The quantitative estimate of drug-likeness (QED) is 0.827. The lowest BCUT2D eigenvalue weighted by molar-refractivity contribution is 0.163. The summed E-state index contributed by atoms with van der Waals surface area (Å²) in [5.41, 5.74) is 7.29.